The predicted molar refractivity (Wildman–Crippen MR) is 20.8 cm³/mol. The molecular formula is C2H6F3N2O2+. The van der Waals surface area contributed by atoms with Gasteiger partial charge in [0.2, 0.25) is 0 Å². The van der Waals surface area contributed by atoms with Crippen LogP contribution in [-0.2, 0) is 4.79 Å². The van der Waals surface area contributed by atoms with E-state index >= 15 is 0 Å². The number of carbonyl (C=O) groups is 1. The van der Waals surface area contributed by atoms with Crippen LogP contribution in [0, 0.1) is 0 Å². The van der Waals surface area contributed by atoms with Crippen molar-refractivity contribution < 1.29 is 28.9 Å². The Morgan fingerprint density at radius 2 is 1.56 bits per heavy atom. The number of carboxylic acids is 1. The SMILES string of the molecule is N[NH3+].O=C(O)C(F)(F)F. The molecule has 0 saturated carbocycles. The fourth-order valence-corrected chi connectivity index (χ4v) is 0. The maximum Gasteiger partial charge on any atom is 0.490 e. The second-order valence-corrected chi connectivity index (χ2v) is 0.803. The van der Waals surface area contributed by atoms with Crippen molar-refractivity contribution in [2.75, 3.05) is 0 Å². The summed E-state index contributed by atoms with van der Waals surface area (Å²) < 4.78 is 31.7. The highest BCUT2D eigenvalue weighted by Gasteiger charge is 2.38. The summed E-state index contributed by atoms with van der Waals surface area (Å²) in [6, 6.07) is 0. The van der Waals surface area contributed by atoms with Crippen LogP contribution in [0.3, 0.4) is 0 Å². The van der Waals surface area contributed by atoms with Crippen molar-refractivity contribution >= 4 is 5.97 Å². The van der Waals surface area contributed by atoms with Crippen molar-refractivity contribution in [3.8, 4) is 0 Å². The molecule has 0 aliphatic rings. The molecule has 0 amide bonds. The van der Waals surface area contributed by atoms with Crippen LogP contribution in [0.25, 0.3) is 0 Å². The summed E-state index contributed by atoms with van der Waals surface area (Å²) in [4.78, 5) is 8.90. The summed E-state index contributed by atoms with van der Waals surface area (Å²) in [6.07, 6.45) is -5.08. The van der Waals surface area contributed by atoms with Gasteiger partial charge in [0.1, 0.15) is 0 Å². The first-order chi connectivity index (χ1) is 3.94. The van der Waals surface area contributed by atoms with Gasteiger partial charge in [-0.2, -0.15) is 19.0 Å². The van der Waals surface area contributed by atoms with E-state index in [-0.39, 0.29) is 0 Å². The van der Waals surface area contributed by atoms with Gasteiger partial charge in [0.25, 0.3) is 0 Å². The van der Waals surface area contributed by atoms with E-state index in [0.29, 0.717) is 0 Å². The number of carboxylic acid groups (broad SMARTS) is 1. The molecule has 0 unspecified atom stereocenters. The Bertz CT molecular complexity index is 90.3. The molecule has 7 heteroatoms. The normalized spacial score (nSPS) is 9.44. The third-order valence-corrected chi connectivity index (χ3v) is 0.243. The average Bonchev–Trinajstić information content (AvgIpc) is 1.69. The summed E-state index contributed by atoms with van der Waals surface area (Å²) >= 11 is 0. The van der Waals surface area contributed by atoms with Gasteiger partial charge in [-0.05, 0) is 0 Å². The van der Waals surface area contributed by atoms with E-state index in [1.54, 1.807) is 0 Å². The molecule has 0 bridgehead atoms. The van der Waals surface area contributed by atoms with Crippen LogP contribution >= 0.6 is 0 Å². The van der Waals surface area contributed by atoms with Gasteiger partial charge in [0.15, 0.2) is 0 Å². The molecule has 0 aromatic rings. The zero-order valence-corrected chi connectivity index (χ0v) is 4.27. The van der Waals surface area contributed by atoms with E-state index < -0.39 is 12.1 Å². The van der Waals surface area contributed by atoms with Crippen molar-refractivity contribution in [3.05, 3.63) is 0 Å². The van der Waals surface area contributed by atoms with E-state index in [2.05, 4.69) is 11.7 Å². The summed E-state index contributed by atoms with van der Waals surface area (Å²) in [7, 11) is 0. The Hall–Kier alpha value is -0.820. The lowest BCUT2D eigenvalue weighted by Crippen LogP contribution is -2.59. The maximum atomic E-state index is 10.6. The largest absolute Gasteiger partial charge is 0.490 e. The molecule has 0 saturated heterocycles. The third-order valence-electron chi connectivity index (χ3n) is 0.243. The summed E-state index contributed by atoms with van der Waals surface area (Å²) in [6.45, 7) is 0. The Morgan fingerprint density at radius 1 is 1.44 bits per heavy atom. The van der Waals surface area contributed by atoms with Gasteiger partial charge < -0.3 is 5.11 Å². The molecule has 0 aliphatic carbocycles. The van der Waals surface area contributed by atoms with E-state index in [1.807, 2.05) is 0 Å². The van der Waals surface area contributed by atoms with Crippen molar-refractivity contribution in [1.29, 1.82) is 0 Å². The van der Waals surface area contributed by atoms with Crippen LogP contribution in [0.5, 0.6) is 0 Å². The second kappa shape index (κ2) is 4.10. The zero-order chi connectivity index (χ0) is 8.08. The molecular weight excluding hydrogens is 141 g/mol. The third kappa shape index (κ3) is 7.18. The van der Waals surface area contributed by atoms with Gasteiger partial charge in [0.05, 0.1) is 0 Å². The Balaban J connectivity index is 0. The molecule has 9 heavy (non-hydrogen) atoms. The first kappa shape index (κ1) is 11.0. The average molecular weight is 147 g/mol. The second-order valence-electron chi connectivity index (χ2n) is 0.803. The number of alkyl halides is 3. The lowest BCUT2D eigenvalue weighted by molar-refractivity contribution is -0.379. The number of nitrogens with two attached hydrogens (primary N) is 1. The van der Waals surface area contributed by atoms with Crippen molar-refractivity contribution in [2.24, 2.45) is 5.84 Å². The van der Waals surface area contributed by atoms with E-state index in [0.717, 1.165) is 0 Å². The van der Waals surface area contributed by atoms with Gasteiger partial charge in [-0.1, -0.05) is 0 Å². The van der Waals surface area contributed by atoms with Crippen molar-refractivity contribution in [3.63, 3.8) is 0 Å². The summed E-state index contributed by atoms with van der Waals surface area (Å²) in [5.41, 5.74) is 0. The number of hydrogen-bond acceptors (Lipinski definition) is 2. The standard InChI is InChI=1S/C2HF3O2.H4N2/c3-2(4,5)1(6)7;1-2/h(H,6,7);1-2H2/p+1. The van der Waals surface area contributed by atoms with Gasteiger partial charge >= 0.3 is 12.1 Å². The van der Waals surface area contributed by atoms with Gasteiger partial charge in [-0.15, -0.1) is 0 Å². The Kier molecular flexibility index (Phi) is 5.03. The minimum absolute atomic E-state index is 2.75. The highest BCUT2D eigenvalue weighted by molar-refractivity contribution is 5.73. The highest BCUT2D eigenvalue weighted by atomic mass is 19.4. The lowest BCUT2D eigenvalue weighted by atomic mass is 10.7. The van der Waals surface area contributed by atoms with Gasteiger partial charge in [-0.3, -0.25) is 5.84 Å². The van der Waals surface area contributed by atoms with Crippen LogP contribution in [0.1, 0.15) is 0 Å². The Morgan fingerprint density at radius 3 is 1.56 bits per heavy atom. The number of quaternary nitrogens is 1. The van der Waals surface area contributed by atoms with Crippen LogP contribution in [-0.4, -0.2) is 17.3 Å². The number of aliphatic carboxylic acids is 1. The summed E-state index contributed by atoms with van der Waals surface area (Å²) in [5.74, 6) is 4.24. The molecule has 0 spiro atoms. The molecule has 56 valence electrons. The maximum absolute atomic E-state index is 10.6. The van der Waals surface area contributed by atoms with Crippen LogP contribution in [0.4, 0.5) is 13.2 Å². The Labute approximate surface area is 48.2 Å². The van der Waals surface area contributed by atoms with E-state index in [9.17, 15) is 13.2 Å². The molecule has 0 radical (unpaired) electrons. The zero-order valence-electron chi connectivity index (χ0n) is 4.27. The number of halogens is 3. The first-order valence-corrected chi connectivity index (χ1v) is 1.65. The molecule has 0 rings (SSSR count). The smallest absolute Gasteiger partial charge is 0.475 e. The topological polar surface area (TPSA) is 91.0 Å². The minimum Gasteiger partial charge on any atom is -0.475 e. The highest BCUT2D eigenvalue weighted by Crippen LogP contribution is 2.13. The molecule has 0 atom stereocenters. The molecule has 0 heterocycles. The minimum atomic E-state index is -5.08. The molecule has 0 aromatic carbocycles. The number of rotatable bonds is 0. The molecule has 0 aromatic heterocycles. The predicted octanol–water partition coefficient (Wildman–Crippen LogP) is -1.26. The van der Waals surface area contributed by atoms with E-state index in [4.69, 9.17) is 9.90 Å². The van der Waals surface area contributed by atoms with Crippen LogP contribution in [0.15, 0.2) is 0 Å². The number of hydrogen-bond donors (Lipinski definition) is 3. The van der Waals surface area contributed by atoms with Crippen molar-refractivity contribution in [2.45, 2.75) is 6.18 Å². The quantitative estimate of drug-likeness (QED) is 0.295. The van der Waals surface area contributed by atoms with Gasteiger partial charge in [0, 0.05) is 0 Å². The monoisotopic (exact) mass is 147 g/mol. The first-order valence-electron chi connectivity index (χ1n) is 1.65. The fraction of sp³-hybridized carbons (Fsp3) is 0.500. The van der Waals surface area contributed by atoms with Crippen molar-refractivity contribution in [1.82, 2.24) is 0 Å². The van der Waals surface area contributed by atoms with Crippen LogP contribution < -0.4 is 11.7 Å². The van der Waals surface area contributed by atoms with E-state index in [1.165, 1.54) is 0 Å². The fourth-order valence-electron chi connectivity index (χ4n) is 0. The molecule has 0 fully saturated rings. The molecule has 4 nitrogen and oxygen atoms in total. The van der Waals surface area contributed by atoms with Gasteiger partial charge in [-0.25, -0.2) is 4.79 Å². The molecule has 6 N–H and O–H groups in total. The summed E-state index contributed by atoms with van der Waals surface area (Å²) in [5, 5.41) is 7.12. The molecule has 0 aliphatic heterocycles. The van der Waals surface area contributed by atoms with Crippen LogP contribution in [0.2, 0.25) is 0 Å². The lowest BCUT2D eigenvalue weighted by Gasteiger charge is -1.93.